The lowest BCUT2D eigenvalue weighted by atomic mass is 10.3. The first-order valence-corrected chi connectivity index (χ1v) is 7.06. The molecule has 0 spiro atoms. The first-order chi connectivity index (χ1) is 9.24. The van der Waals surface area contributed by atoms with Crippen molar-refractivity contribution in [1.29, 1.82) is 0 Å². The van der Waals surface area contributed by atoms with Crippen LogP contribution in [0.25, 0.3) is 0 Å². The van der Waals surface area contributed by atoms with Gasteiger partial charge in [0.1, 0.15) is 0 Å². The first-order valence-electron chi connectivity index (χ1n) is 7.06. The molecule has 19 heavy (non-hydrogen) atoms. The Labute approximate surface area is 114 Å². The van der Waals surface area contributed by atoms with Gasteiger partial charge in [-0.1, -0.05) is 17.9 Å². The highest BCUT2D eigenvalue weighted by Gasteiger charge is 2.14. The quantitative estimate of drug-likeness (QED) is 0.726. The van der Waals surface area contributed by atoms with Crippen molar-refractivity contribution in [3.8, 4) is 0 Å². The number of nitrogens with zero attached hydrogens (tertiary/aromatic N) is 3. The van der Waals surface area contributed by atoms with Gasteiger partial charge in [-0.2, -0.15) is 0 Å². The molecule has 1 saturated carbocycles. The Morgan fingerprint density at radius 1 is 1.32 bits per heavy atom. The van der Waals surface area contributed by atoms with E-state index in [4.69, 9.17) is 9.15 Å². The van der Waals surface area contributed by atoms with E-state index >= 15 is 0 Å². The molecule has 0 unspecified atom stereocenters. The smallest absolute Gasteiger partial charge is 0.315 e. The van der Waals surface area contributed by atoms with E-state index in [9.17, 15) is 0 Å². The molecule has 1 aliphatic carbocycles. The Morgan fingerprint density at radius 3 is 2.84 bits per heavy atom. The summed E-state index contributed by atoms with van der Waals surface area (Å²) in [6, 6.07) is 0.498. The van der Waals surface area contributed by atoms with Gasteiger partial charge in [0.25, 0.3) is 0 Å². The second-order valence-electron chi connectivity index (χ2n) is 5.30. The fourth-order valence-electron chi connectivity index (χ4n) is 2.23. The van der Waals surface area contributed by atoms with E-state index < -0.39 is 0 Å². The van der Waals surface area contributed by atoms with E-state index in [2.05, 4.69) is 15.5 Å². The molecule has 1 aliphatic rings. The molecule has 1 N–H and O–H groups in total. The second-order valence-corrected chi connectivity index (χ2v) is 5.30. The fourth-order valence-corrected chi connectivity index (χ4v) is 2.23. The summed E-state index contributed by atoms with van der Waals surface area (Å²) in [5, 5.41) is 11.0. The van der Waals surface area contributed by atoms with Gasteiger partial charge in [0.2, 0.25) is 5.89 Å². The standard InChI is InChI=1S/C13H24N4O2/c1-17(2)10-12-15-16-13(19-12)14-8-5-9-18-11-6-3-4-7-11/h11H,3-10H2,1-2H3,(H,14,16). The van der Waals surface area contributed by atoms with Crippen LogP contribution in [0, 0.1) is 0 Å². The summed E-state index contributed by atoms with van der Waals surface area (Å²) in [6.07, 6.45) is 6.55. The first kappa shape index (κ1) is 14.3. The Balaban J connectivity index is 1.56. The molecule has 1 heterocycles. The largest absolute Gasteiger partial charge is 0.407 e. The van der Waals surface area contributed by atoms with Gasteiger partial charge in [0.15, 0.2) is 0 Å². The van der Waals surface area contributed by atoms with Gasteiger partial charge in [0.05, 0.1) is 12.6 Å². The van der Waals surface area contributed by atoms with Gasteiger partial charge in [-0.3, -0.25) is 0 Å². The molecule has 0 saturated heterocycles. The van der Waals surface area contributed by atoms with E-state index in [0.29, 0.717) is 24.6 Å². The van der Waals surface area contributed by atoms with Crippen LogP contribution in [0.15, 0.2) is 4.42 Å². The summed E-state index contributed by atoms with van der Waals surface area (Å²) in [5.74, 6) is 0.634. The molecule has 0 bridgehead atoms. The van der Waals surface area contributed by atoms with Crippen molar-refractivity contribution in [3.63, 3.8) is 0 Å². The van der Waals surface area contributed by atoms with Crippen molar-refractivity contribution in [1.82, 2.24) is 15.1 Å². The highest BCUT2D eigenvalue weighted by molar-refractivity contribution is 5.16. The molecule has 6 nitrogen and oxygen atoms in total. The maximum atomic E-state index is 5.79. The van der Waals surface area contributed by atoms with E-state index in [0.717, 1.165) is 19.6 Å². The molecule has 108 valence electrons. The molecule has 1 fully saturated rings. The number of nitrogens with one attached hydrogen (secondary N) is 1. The average molecular weight is 268 g/mol. The minimum Gasteiger partial charge on any atom is -0.407 e. The predicted molar refractivity (Wildman–Crippen MR) is 73.0 cm³/mol. The van der Waals surface area contributed by atoms with Crippen LogP contribution < -0.4 is 5.32 Å². The summed E-state index contributed by atoms with van der Waals surface area (Å²) >= 11 is 0. The third kappa shape index (κ3) is 5.16. The molecular formula is C13H24N4O2. The minimum absolute atomic E-state index is 0.495. The van der Waals surface area contributed by atoms with Gasteiger partial charge in [-0.25, -0.2) is 0 Å². The minimum atomic E-state index is 0.495. The molecule has 6 heteroatoms. The predicted octanol–water partition coefficient (Wildman–Crippen LogP) is 1.89. The van der Waals surface area contributed by atoms with Crippen LogP contribution in [0.5, 0.6) is 0 Å². The lowest BCUT2D eigenvalue weighted by molar-refractivity contribution is 0.0582. The highest BCUT2D eigenvalue weighted by atomic mass is 16.5. The normalized spacial score (nSPS) is 16.4. The van der Waals surface area contributed by atoms with Gasteiger partial charge >= 0.3 is 6.01 Å². The third-order valence-electron chi connectivity index (χ3n) is 3.17. The van der Waals surface area contributed by atoms with Crippen molar-refractivity contribution >= 4 is 6.01 Å². The lowest BCUT2D eigenvalue weighted by Crippen LogP contribution is -2.12. The van der Waals surface area contributed by atoms with Crippen LogP contribution in [-0.2, 0) is 11.3 Å². The Hall–Kier alpha value is -1.14. The number of rotatable bonds is 8. The topological polar surface area (TPSA) is 63.4 Å². The molecule has 0 atom stereocenters. The van der Waals surface area contributed by atoms with E-state index in [1.807, 2.05) is 19.0 Å². The Morgan fingerprint density at radius 2 is 2.11 bits per heavy atom. The van der Waals surface area contributed by atoms with Crippen LogP contribution in [0.4, 0.5) is 6.01 Å². The molecule has 0 aromatic carbocycles. The number of aromatic nitrogens is 2. The second kappa shape index (κ2) is 7.45. The van der Waals surface area contributed by atoms with Gasteiger partial charge in [-0.05, 0) is 33.4 Å². The van der Waals surface area contributed by atoms with E-state index in [1.165, 1.54) is 25.7 Å². The molecular weight excluding hydrogens is 244 g/mol. The maximum absolute atomic E-state index is 5.79. The van der Waals surface area contributed by atoms with Crippen molar-refractivity contribution in [3.05, 3.63) is 5.89 Å². The highest BCUT2D eigenvalue weighted by Crippen LogP contribution is 2.20. The van der Waals surface area contributed by atoms with Crippen molar-refractivity contribution in [2.45, 2.75) is 44.8 Å². The van der Waals surface area contributed by atoms with E-state index in [-0.39, 0.29) is 0 Å². The number of hydrogen-bond donors (Lipinski definition) is 1. The van der Waals surface area contributed by atoms with Crippen molar-refractivity contribution in [2.75, 3.05) is 32.6 Å². The zero-order chi connectivity index (χ0) is 13.5. The maximum Gasteiger partial charge on any atom is 0.315 e. The number of anilines is 1. The number of hydrogen-bond acceptors (Lipinski definition) is 6. The summed E-state index contributed by atoms with van der Waals surface area (Å²) in [6.45, 7) is 2.27. The zero-order valence-electron chi connectivity index (χ0n) is 11.9. The molecule has 0 amide bonds. The average Bonchev–Trinajstić information content (AvgIpc) is 3.00. The molecule has 0 radical (unpaired) electrons. The zero-order valence-corrected chi connectivity index (χ0v) is 11.9. The van der Waals surface area contributed by atoms with Crippen molar-refractivity contribution < 1.29 is 9.15 Å². The summed E-state index contributed by atoms with van der Waals surface area (Å²) in [4.78, 5) is 1.99. The third-order valence-corrected chi connectivity index (χ3v) is 3.17. The van der Waals surface area contributed by atoms with Crippen LogP contribution in [0.1, 0.15) is 38.0 Å². The van der Waals surface area contributed by atoms with E-state index in [1.54, 1.807) is 0 Å². The summed E-state index contributed by atoms with van der Waals surface area (Å²) < 4.78 is 11.2. The molecule has 1 aromatic rings. The summed E-state index contributed by atoms with van der Waals surface area (Å²) in [5.41, 5.74) is 0. The van der Waals surface area contributed by atoms with Crippen LogP contribution >= 0.6 is 0 Å². The molecule has 1 aromatic heterocycles. The fraction of sp³-hybridized carbons (Fsp3) is 0.846. The van der Waals surface area contributed by atoms with Crippen LogP contribution in [0.3, 0.4) is 0 Å². The van der Waals surface area contributed by atoms with Gasteiger partial charge in [-0.15, -0.1) is 5.10 Å². The van der Waals surface area contributed by atoms with Gasteiger partial charge in [0, 0.05) is 13.2 Å². The molecule has 2 rings (SSSR count). The Kier molecular flexibility index (Phi) is 5.60. The number of ether oxygens (including phenoxy) is 1. The summed E-state index contributed by atoms with van der Waals surface area (Å²) in [7, 11) is 3.94. The van der Waals surface area contributed by atoms with Crippen molar-refractivity contribution in [2.24, 2.45) is 0 Å². The van der Waals surface area contributed by atoms with Crippen LogP contribution in [0.2, 0.25) is 0 Å². The SMILES string of the molecule is CN(C)Cc1nnc(NCCCOC2CCCC2)o1. The van der Waals surface area contributed by atoms with Gasteiger partial charge < -0.3 is 19.4 Å². The van der Waals surface area contributed by atoms with Crippen LogP contribution in [-0.4, -0.2) is 48.4 Å². The molecule has 0 aliphatic heterocycles. The Bertz CT molecular complexity index is 361. The monoisotopic (exact) mass is 268 g/mol. The lowest BCUT2D eigenvalue weighted by Gasteiger charge is -2.10.